The minimum atomic E-state index is -1.54. The van der Waals surface area contributed by atoms with E-state index in [0.717, 1.165) is 0 Å². The van der Waals surface area contributed by atoms with Crippen LogP contribution in [0.3, 0.4) is 0 Å². The Labute approximate surface area is 45.7 Å². The van der Waals surface area contributed by atoms with Crippen LogP contribution < -0.4 is 0 Å². The Kier molecular flexibility index (Phi) is 3.10. The van der Waals surface area contributed by atoms with E-state index in [9.17, 15) is 9.18 Å². The van der Waals surface area contributed by atoms with Crippen LogP contribution in [-0.2, 0) is 4.79 Å². The van der Waals surface area contributed by atoms with Crippen molar-refractivity contribution in [3.8, 4) is 0 Å². The lowest BCUT2D eigenvalue weighted by Crippen LogP contribution is -2.19. The van der Waals surface area contributed by atoms with E-state index < -0.39 is 18.7 Å². The van der Waals surface area contributed by atoms with Crippen LogP contribution >= 0.6 is 0 Å². The highest BCUT2D eigenvalue weighted by atomic mass is 19.1. The number of carboxylic acids is 1. The molecule has 1 atom stereocenters. The SMILES string of the molecule is O=C(O)C(O)CCF. The predicted molar refractivity (Wildman–Crippen MR) is 24.2 cm³/mol. The zero-order valence-corrected chi connectivity index (χ0v) is 4.17. The van der Waals surface area contributed by atoms with Gasteiger partial charge in [-0.3, -0.25) is 4.39 Å². The Balaban J connectivity index is 3.32. The molecule has 0 aliphatic carbocycles. The maximum Gasteiger partial charge on any atom is 0.332 e. The first-order chi connectivity index (χ1) is 3.68. The van der Waals surface area contributed by atoms with E-state index in [-0.39, 0.29) is 6.42 Å². The molecule has 48 valence electrons. The summed E-state index contributed by atoms with van der Waals surface area (Å²) < 4.78 is 11.2. The molecule has 4 heteroatoms. The van der Waals surface area contributed by atoms with Gasteiger partial charge in [-0.15, -0.1) is 0 Å². The van der Waals surface area contributed by atoms with Crippen LogP contribution in [0.2, 0.25) is 0 Å². The highest BCUT2D eigenvalue weighted by Crippen LogP contribution is 1.90. The van der Waals surface area contributed by atoms with Gasteiger partial charge in [-0.2, -0.15) is 0 Å². The topological polar surface area (TPSA) is 57.5 Å². The molecular formula is C4H7FO3. The lowest BCUT2D eigenvalue weighted by molar-refractivity contribution is -0.147. The van der Waals surface area contributed by atoms with E-state index >= 15 is 0 Å². The molecule has 0 radical (unpaired) electrons. The first-order valence-corrected chi connectivity index (χ1v) is 2.15. The van der Waals surface area contributed by atoms with Gasteiger partial charge < -0.3 is 10.2 Å². The molecule has 2 N–H and O–H groups in total. The summed E-state index contributed by atoms with van der Waals surface area (Å²) in [4.78, 5) is 9.67. The fourth-order valence-electron chi connectivity index (χ4n) is 0.227. The molecule has 0 aliphatic heterocycles. The van der Waals surface area contributed by atoms with Crippen molar-refractivity contribution >= 4 is 5.97 Å². The quantitative estimate of drug-likeness (QED) is 0.544. The Morgan fingerprint density at radius 2 is 2.25 bits per heavy atom. The summed E-state index contributed by atoms with van der Waals surface area (Å²) in [5, 5.41) is 16.2. The Hall–Kier alpha value is -0.640. The van der Waals surface area contributed by atoms with E-state index in [1.807, 2.05) is 0 Å². The Bertz CT molecular complexity index is 83.4. The maximum absolute atomic E-state index is 11.2. The smallest absolute Gasteiger partial charge is 0.332 e. The first-order valence-electron chi connectivity index (χ1n) is 2.15. The van der Waals surface area contributed by atoms with Crippen LogP contribution in [0.1, 0.15) is 6.42 Å². The molecule has 0 aromatic carbocycles. The number of aliphatic hydroxyl groups excluding tert-OH is 1. The van der Waals surface area contributed by atoms with Crippen molar-refractivity contribution < 1.29 is 19.4 Å². The van der Waals surface area contributed by atoms with Crippen molar-refractivity contribution in [2.75, 3.05) is 6.67 Å². The van der Waals surface area contributed by atoms with E-state index in [4.69, 9.17) is 10.2 Å². The summed E-state index contributed by atoms with van der Waals surface area (Å²) in [5.41, 5.74) is 0. The third-order valence-electron chi connectivity index (χ3n) is 0.668. The summed E-state index contributed by atoms with van der Waals surface area (Å²) in [5.74, 6) is -1.37. The molecule has 0 aliphatic rings. The van der Waals surface area contributed by atoms with Crippen molar-refractivity contribution in [3.63, 3.8) is 0 Å². The summed E-state index contributed by atoms with van der Waals surface area (Å²) in [6.07, 6.45) is -1.87. The van der Waals surface area contributed by atoms with Crippen molar-refractivity contribution in [1.29, 1.82) is 0 Å². The molecule has 0 aromatic heterocycles. The fraction of sp³-hybridized carbons (Fsp3) is 0.750. The zero-order chi connectivity index (χ0) is 6.57. The number of carbonyl (C=O) groups is 1. The van der Waals surface area contributed by atoms with Gasteiger partial charge in [0, 0.05) is 6.42 Å². The number of hydrogen-bond donors (Lipinski definition) is 2. The summed E-state index contributed by atoms with van der Waals surface area (Å²) >= 11 is 0. The van der Waals surface area contributed by atoms with Crippen molar-refractivity contribution in [2.45, 2.75) is 12.5 Å². The second kappa shape index (κ2) is 3.37. The van der Waals surface area contributed by atoms with Gasteiger partial charge in [0.05, 0.1) is 6.67 Å². The van der Waals surface area contributed by atoms with Crippen LogP contribution in [0.15, 0.2) is 0 Å². The van der Waals surface area contributed by atoms with Crippen LogP contribution in [0.25, 0.3) is 0 Å². The van der Waals surface area contributed by atoms with Crippen LogP contribution in [0, 0.1) is 0 Å². The third kappa shape index (κ3) is 2.52. The number of aliphatic hydroxyl groups is 1. The van der Waals surface area contributed by atoms with Gasteiger partial charge in [0.15, 0.2) is 6.10 Å². The molecule has 1 unspecified atom stereocenters. The number of carboxylic acid groups (broad SMARTS) is 1. The average molecular weight is 122 g/mol. The summed E-state index contributed by atoms with van der Waals surface area (Å²) in [6.45, 7) is -0.798. The normalized spacial score (nSPS) is 13.2. The summed E-state index contributed by atoms with van der Waals surface area (Å²) in [6, 6.07) is 0. The zero-order valence-electron chi connectivity index (χ0n) is 4.17. The predicted octanol–water partition coefficient (Wildman–Crippen LogP) is -0.209. The number of halogens is 1. The van der Waals surface area contributed by atoms with Gasteiger partial charge in [0.25, 0.3) is 0 Å². The van der Waals surface area contributed by atoms with Gasteiger partial charge in [-0.05, 0) is 0 Å². The fourth-order valence-corrected chi connectivity index (χ4v) is 0.227. The van der Waals surface area contributed by atoms with Crippen molar-refractivity contribution in [2.24, 2.45) is 0 Å². The minimum absolute atomic E-state index is 0.324. The number of alkyl halides is 1. The molecule has 0 rings (SSSR count). The van der Waals surface area contributed by atoms with E-state index in [1.54, 1.807) is 0 Å². The monoisotopic (exact) mass is 122 g/mol. The van der Waals surface area contributed by atoms with Crippen molar-refractivity contribution in [1.82, 2.24) is 0 Å². The average Bonchev–Trinajstić information content (AvgIpc) is 1.67. The maximum atomic E-state index is 11.2. The summed E-state index contributed by atoms with van der Waals surface area (Å²) in [7, 11) is 0. The Morgan fingerprint density at radius 3 is 2.38 bits per heavy atom. The molecule has 0 spiro atoms. The molecule has 0 heterocycles. The molecule has 8 heavy (non-hydrogen) atoms. The Morgan fingerprint density at radius 1 is 1.75 bits per heavy atom. The van der Waals surface area contributed by atoms with Crippen LogP contribution in [0.4, 0.5) is 4.39 Å². The number of hydrogen-bond acceptors (Lipinski definition) is 2. The minimum Gasteiger partial charge on any atom is -0.479 e. The molecule has 0 saturated heterocycles. The largest absolute Gasteiger partial charge is 0.479 e. The second-order valence-corrected chi connectivity index (χ2v) is 1.33. The van der Waals surface area contributed by atoms with E-state index in [1.165, 1.54) is 0 Å². The lowest BCUT2D eigenvalue weighted by Gasteiger charge is -1.97. The molecule has 0 saturated carbocycles. The number of aliphatic carboxylic acids is 1. The third-order valence-corrected chi connectivity index (χ3v) is 0.668. The van der Waals surface area contributed by atoms with Crippen molar-refractivity contribution in [3.05, 3.63) is 0 Å². The molecule has 0 amide bonds. The molecule has 3 nitrogen and oxygen atoms in total. The van der Waals surface area contributed by atoms with Gasteiger partial charge >= 0.3 is 5.97 Å². The molecule has 0 bridgehead atoms. The highest BCUT2D eigenvalue weighted by Gasteiger charge is 2.10. The van der Waals surface area contributed by atoms with Gasteiger partial charge in [-0.25, -0.2) is 4.79 Å². The van der Waals surface area contributed by atoms with E-state index in [2.05, 4.69) is 0 Å². The van der Waals surface area contributed by atoms with Crippen LogP contribution in [-0.4, -0.2) is 29.0 Å². The lowest BCUT2D eigenvalue weighted by atomic mass is 10.3. The van der Waals surface area contributed by atoms with E-state index in [0.29, 0.717) is 0 Å². The first kappa shape index (κ1) is 7.36. The standard InChI is InChI=1S/C4H7FO3/c5-2-1-3(6)4(7)8/h3,6H,1-2H2,(H,7,8). The molecule has 0 fully saturated rings. The molecule has 0 aromatic rings. The second-order valence-electron chi connectivity index (χ2n) is 1.33. The highest BCUT2D eigenvalue weighted by molar-refractivity contribution is 5.71. The van der Waals surface area contributed by atoms with Gasteiger partial charge in [0.1, 0.15) is 0 Å². The number of rotatable bonds is 3. The van der Waals surface area contributed by atoms with Crippen LogP contribution in [0.5, 0.6) is 0 Å². The molecular weight excluding hydrogens is 115 g/mol. The van der Waals surface area contributed by atoms with Gasteiger partial charge in [-0.1, -0.05) is 0 Å². The van der Waals surface area contributed by atoms with Gasteiger partial charge in [0.2, 0.25) is 0 Å².